The molecule has 2 N–H and O–H groups in total. The van der Waals surface area contributed by atoms with E-state index in [-0.39, 0.29) is 0 Å². The first-order valence-corrected chi connectivity index (χ1v) is 6.43. The van der Waals surface area contributed by atoms with Crippen LogP contribution in [0, 0.1) is 0 Å². The number of anilines is 1. The first kappa shape index (κ1) is 11.1. The average molecular weight is 239 g/mol. The number of hydrogen-bond donors (Lipinski definition) is 2. The van der Waals surface area contributed by atoms with Crippen molar-refractivity contribution in [3.05, 3.63) is 59.7 Å². The van der Waals surface area contributed by atoms with Gasteiger partial charge in [0.25, 0.3) is 0 Å². The zero-order chi connectivity index (χ0) is 12.4. The molecule has 0 spiro atoms. The number of benzene rings is 2. The topological polar surface area (TPSA) is 32.3 Å². The van der Waals surface area contributed by atoms with Crippen LogP contribution in [0.2, 0.25) is 0 Å². The van der Waals surface area contributed by atoms with Crippen molar-refractivity contribution in [3.8, 4) is 5.75 Å². The number of aryl methyl sites for hydroxylation is 1. The van der Waals surface area contributed by atoms with E-state index >= 15 is 0 Å². The predicted octanol–water partition coefficient (Wildman–Crippen LogP) is 3.36. The van der Waals surface area contributed by atoms with Gasteiger partial charge in [-0.15, -0.1) is 0 Å². The molecule has 0 heterocycles. The van der Waals surface area contributed by atoms with Crippen molar-refractivity contribution in [1.82, 2.24) is 0 Å². The molecule has 18 heavy (non-hydrogen) atoms. The minimum absolute atomic E-state index is 0.316. The summed E-state index contributed by atoms with van der Waals surface area (Å²) in [7, 11) is 0. The first-order chi connectivity index (χ1) is 8.81. The van der Waals surface area contributed by atoms with E-state index in [0.717, 1.165) is 24.9 Å². The van der Waals surface area contributed by atoms with E-state index in [2.05, 4.69) is 29.6 Å². The Labute approximate surface area is 107 Å². The molecule has 0 saturated carbocycles. The fraction of sp³-hybridized carbons (Fsp3) is 0.250. The number of phenols is 1. The van der Waals surface area contributed by atoms with Crippen molar-refractivity contribution < 1.29 is 5.11 Å². The molecular weight excluding hydrogens is 222 g/mol. The molecule has 0 radical (unpaired) electrons. The molecule has 0 aliphatic heterocycles. The highest BCUT2D eigenvalue weighted by atomic mass is 16.3. The highest BCUT2D eigenvalue weighted by molar-refractivity contribution is 5.49. The monoisotopic (exact) mass is 239 g/mol. The van der Waals surface area contributed by atoms with E-state index in [1.165, 1.54) is 11.1 Å². The summed E-state index contributed by atoms with van der Waals surface area (Å²) >= 11 is 0. The van der Waals surface area contributed by atoms with Gasteiger partial charge >= 0.3 is 0 Å². The van der Waals surface area contributed by atoms with Crippen LogP contribution in [0.5, 0.6) is 5.75 Å². The number of aromatic hydroxyl groups is 1. The molecular formula is C16H17NO. The molecule has 3 rings (SSSR count). The molecule has 0 amide bonds. The Balaban J connectivity index is 1.73. The number of phenolic OH excluding ortho intramolecular Hbond substituents is 1. The molecule has 2 aromatic carbocycles. The molecule has 0 fully saturated rings. The molecule has 0 saturated heterocycles. The largest absolute Gasteiger partial charge is 0.508 e. The quantitative estimate of drug-likeness (QED) is 0.842. The van der Waals surface area contributed by atoms with E-state index in [1.54, 1.807) is 12.1 Å². The zero-order valence-corrected chi connectivity index (χ0v) is 10.3. The first-order valence-electron chi connectivity index (χ1n) is 6.43. The van der Waals surface area contributed by atoms with Gasteiger partial charge in [0.15, 0.2) is 0 Å². The number of fused-ring (bicyclic) bond motifs is 1. The Bertz CT molecular complexity index is 550. The van der Waals surface area contributed by atoms with Crippen molar-refractivity contribution in [1.29, 1.82) is 0 Å². The second-order valence-electron chi connectivity index (χ2n) is 4.90. The highest BCUT2D eigenvalue weighted by Gasteiger charge is 2.17. The second kappa shape index (κ2) is 4.73. The van der Waals surface area contributed by atoms with Crippen molar-refractivity contribution in [2.75, 3.05) is 5.32 Å². The number of hydrogen-bond acceptors (Lipinski definition) is 2. The van der Waals surface area contributed by atoms with E-state index in [0.29, 0.717) is 11.8 Å². The van der Waals surface area contributed by atoms with E-state index < -0.39 is 0 Å². The second-order valence-corrected chi connectivity index (χ2v) is 4.90. The summed E-state index contributed by atoms with van der Waals surface area (Å²) in [4.78, 5) is 0. The van der Waals surface area contributed by atoms with E-state index in [1.807, 2.05) is 12.1 Å². The normalized spacial score (nSPS) is 18.1. The Hall–Kier alpha value is -1.96. The fourth-order valence-corrected chi connectivity index (χ4v) is 2.65. The standard InChI is InChI=1S/C16H17NO/c18-16-7-3-6-14(11-16)17-15-9-8-12-4-1-2-5-13(12)10-15/h1-7,11,15,17-18H,8-10H2. The molecule has 0 aromatic heterocycles. The van der Waals surface area contributed by atoms with Gasteiger partial charge in [-0.2, -0.15) is 0 Å². The van der Waals surface area contributed by atoms with Crippen LogP contribution in [-0.2, 0) is 12.8 Å². The Kier molecular flexibility index (Phi) is 2.93. The van der Waals surface area contributed by atoms with Gasteiger partial charge in [0.2, 0.25) is 0 Å². The van der Waals surface area contributed by atoms with Gasteiger partial charge in [0.05, 0.1) is 0 Å². The molecule has 92 valence electrons. The number of rotatable bonds is 2. The molecule has 1 aliphatic rings. The zero-order valence-electron chi connectivity index (χ0n) is 10.3. The SMILES string of the molecule is Oc1cccc(NC2CCc3ccccc3C2)c1. The third kappa shape index (κ3) is 2.33. The Morgan fingerprint density at radius 3 is 2.67 bits per heavy atom. The summed E-state index contributed by atoms with van der Waals surface area (Å²) in [6, 6.07) is 16.5. The van der Waals surface area contributed by atoms with Gasteiger partial charge in [0.1, 0.15) is 5.75 Å². The van der Waals surface area contributed by atoms with E-state index in [9.17, 15) is 5.11 Å². The third-order valence-corrected chi connectivity index (χ3v) is 3.56. The van der Waals surface area contributed by atoms with Crippen molar-refractivity contribution in [2.24, 2.45) is 0 Å². The molecule has 2 aromatic rings. The fourth-order valence-electron chi connectivity index (χ4n) is 2.65. The lowest BCUT2D eigenvalue weighted by molar-refractivity contribution is 0.475. The Morgan fingerprint density at radius 1 is 1.00 bits per heavy atom. The molecule has 2 nitrogen and oxygen atoms in total. The summed E-state index contributed by atoms with van der Waals surface area (Å²) in [6.07, 6.45) is 3.34. The lowest BCUT2D eigenvalue weighted by atomic mass is 9.88. The van der Waals surface area contributed by atoms with Crippen LogP contribution in [0.1, 0.15) is 17.5 Å². The maximum atomic E-state index is 9.46. The van der Waals surface area contributed by atoms with Gasteiger partial charge in [-0.3, -0.25) is 0 Å². The maximum Gasteiger partial charge on any atom is 0.117 e. The summed E-state index contributed by atoms with van der Waals surface area (Å²) < 4.78 is 0. The van der Waals surface area contributed by atoms with Crippen molar-refractivity contribution in [3.63, 3.8) is 0 Å². The van der Waals surface area contributed by atoms with Gasteiger partial charge in [-0.05, 0) is 42.5 Å². The van der Waals surface area contributed by atoms with Gasteiger partial charge < -0.3 is 10.4 Å². The highest BCUT2D eigenvalue weighted by Crippen LogP contribution is 2.24. The summed E-state index contributed by atoms with van der Waals surface area (Å²) in [6.45, 7) is 0. The van der Waals surface area contributed by atoms with Crippen LogP contribution < -0.4 is 5.32 Å². The molecule has 1 aliphatic carbocycles. The lowest BCUT2D eigenvalue weighted by Gasteiger charge is -2.26. The average Bonchev–Trinajstić information content (AvgIpc) is 2.39. The van der Waals surface area contributed by atoms with Crippen LogP contribution in [0.3, 0.4) is 0 Å². The molecule has 1 unspecified atom stereocenters. The third-order valence-electron chi connectivity index (χ3n) is 3.56. The minimum Gasteiger partial charge on any atom is -0.508 e. The summed E-state index contributed by atoms with van der Waals surface area (Å²) in [5.74, 6) is 0.316. The van der Waals surface area contributed by atoms with Crippen LogP contribution >= 0.6 is 0 Å². The summed E-state index contributed by atoms with van der Waals surface area (Å²) in [5, 5.41) is 13.0. The predicted molar refractivity (Wildman–Crippen MR) is 74.0 cm³/mol. The van der Waals surface area contributed by atoms with Crippen LogP contribution in [0.4, 0.5) is 5.69 Å². The maximum absolute atomic E-state index is 9.46. The van der Waals surface area contributed by atoms with Crippen molar-refractivity contribution in [2.45, 2.75) is 25.3 Å². The van der Waals surface area contributed by atoms with E-state index in [4.69, 9.17) is 0 Å². The van der Waals surface area contributed by atoms with Gasteiger partial charge in [0, 0.05) is 17.8 Å². The smallest absolute Gasteiger partial charge is 0.117 e. The Morgan fingerprint density at radius 2 is 1.83 bits per heavy atom. The van der Waals surface area contributed by atoms with Gasteiger partial charge in [-0.1, -0.05) is 30.3 Å². The minimum atomic E-state index is 0.316. The number of nitrogens with one attached hydrogen (secondary N) is 1. The van der Waals surface area contributed by atoms with Crippen LogP contribution in [0.15, 0.2) is 48.5 Å². The summed E-state index contributed by atoms with van der Waals surface area (Å²) in [5.41, 5.74) is 3.92. The molecule has 1 atom stereocenters. The van der Waals surface area contributed by atoms with Crippen molar-refractivity contribution >= 4 is 5.69 Å². The van der Waals surface area contributed by atoms with Crippen LogP contribution in [0.25, 0.3) is 0 Å². The molecule has 0 bridgehead atoms. The molecule has 2 heteroatoms. The lowest BCUT2D eigenvalue weighted by Crippen LogP contribution is -2.27. The van der Waals surface area contributed by atoms with Gasteiger partial charge in [-0.25, -0.2) is 0 Å². The van der Waals surface area contributed by atoms with Crippen LogP contribution in [-0.4, -0.2) is 11.1 Å².